The van der Waals surface area contributed by atoms with Crippen molar-refractivity contribution in [2.45, 2.75) is 38.6 Å². The highest BCUT2D eigenvalue weighted by atomic mass is 35.5. The molecule has 10 nitrogen and oxygen atoms in total. The zero-order valence-electron chi connectivity index (χ0n) is 16.9. The Morgan fingerprint density at radius 2 is 2.07 bits per heavy atom. The summed E-state index contributed by atoms with van der Waals surface area (Å²) in [5, 5.41) is 3.32. The summed E-state index contributed by atoms with van der Waals surface area (Å²) in [6.07, 6.45) is 4.47. The van der Waals surface area contributed by atoms with Gasteiger partial charge in [0.25, 0.3) is 0 Å². The molecule has 0 aliphatic carbocycles. The van der Waals surface area contributed by atoms with E-state index < -0.39 is 0 Å². The Morgan fingerprint density at radius 3 is 2.83 bits per heavy atom. The molecule has 162 valence electrons. The first-order valence-electron chi connectivity index (χ1n) is 10.4. The minimum atomic E-state index is -0.279. The topological polar surface area (TPSA) is 116 Å². The monoisotopic (exact) mass is 435 g/mol. The van der Waals surface area contributed by atoms with E-state index in [1.807, 2.05) is 0 Å². The Bertz CT molecular complexity index is 913. The number of hydrogen-bond donors (Lipinski definition) is 2. The van der Waals surface area contributed by atoms with Crippen molar-refractivity contribution >= 4 is 40.6 Å². The number of anilines is 1. The molecule has 0 aromatic carbocycles. The smallest absolute Gasteiger partial charge is 0.409 e. The molecule has 2 aromatic rings. The Hall–Kier alpha value is -2.62. The van der Waals surface area contributed by atoms with Gasteiger partial charge in [0.05, 0.1) is 18.9 Å². The molecule has 2 fully saturated rings. The molecule has 30 heavy (non-hydrogen) atoms. The van der Waals surface area contributed by atoms with Crippen LogP contribution in [0.25, 0.3) is 11.2 Å². The lowest BCUT2D eigenvalue weighted by Crippen LogP contribution is -2.50. The summed E-state index contributed by atoms with van der Waals surface area (Å²) in [5.74, 6) is 0.603. The number of nitrogens with zero attached hydrogens (tertiary/aromatic N) is 5. The van der Waals surface area contributed by atoms with E-state index >= 15 is 0 Å². The van der Waals surface area contributed by atoms with Gasteiger partial charge in [0, 0.05) is 32.2 Å². The Kier molecular flexibility index (Phi) is 6.21. The average molecular weight is 436 g/mol. The van der Waals surface area contributed by atoms with Gasteiger partial charge in [-0.25, -0.2) is 9.78 Å². The van der Waals surface area contributed by atoms with E-state index in [2.05, 4.69) is 30.2 Å². The van der Waals surface area contributed by atoms with Gasteiger partial charge in [0.15, 0.2) is 11.5 Å². The molecule has 0 bridgehead atoms. The number of ether oxygens (including phenoxy) is 1. The second-order valence-corrected chi connectivity index (χ2v) is 8.01. The normalized spacial score (nSPS) is 20.4. The molecular weight excluding hydrogens is 410 g/mol. The maximum absolute atomic E-state index is 12.9. The van der Waals surface area contributed by atoms with Gasteiger partial charge in [-0.1, -0.05) is 0 Å². The maximum Gasteiger partial charge on any atom is 0.409 e. The highest BCUT2D eigenvalue weighted by Crippen LogP contribution is 2.27. The molecule has 2 N–H and O–H groups in total. The molecule has 4 heterocycles. The van der Waals surface area contributed by atoms with Crippen LogP contribution in [0, 0.1) is 5.92 Å². The van der Waals surface area contributed by atoms with Gasteiger partial charge < -0.3 is 24.8 Å². The summed E-state index contributed by atoms with van der Waals surface area (Å²) >= 11 is 6.06. The van der Waals surface area contributed by atoms with Crippen molar-refractivity contribution in [1.29, 1.82) is 0 Å². The Labute approximate surface area is 179 Å². The number of likely N-dealkylation sites (tertiary alicyclic amines) is 1. The van der Waals surface area contributed by atoms with Gasteiger partial charge >= 0.3 is 6.09 Å². The summed E-state index contributed by atoms with van der Waals surface area (Å²) in [6.45, 7) is 4.72. The van der Waals surface area contributed by atoms with Crippen LogP contribution in [-0.4, -0.2) is 75.7 Å². The molecule has 0 spiro atoms. The van der Waals surface area contributed by atoms with Gasteiger partial charge in [-0.15, -0.1) is 0 Å². The van der Waals surface area contributed by atoms with Crippen molar-refractivity contribution in [1.82, 2.24) is 30.2 Å². The predicted molar refractivity (Wildman–Crippen MR) is 111 cm³/mol. The van der Waals surface area contributed by atoms with E-state index in [1.165, 1.54) is 0 Å². The Morgan fingerprint density at radius 1 is 1.27 bits per heavy atom. The number of aromatic nitrogens is 4. The fraction of sp³-hybridized carbons (Fsp3) is 0.632. The number of amides is 2. The lowest BCUT2D eigenvalue weighted by molar-refractivity contribution is -0.126. The van der Waals surface area contributed by atoms with Crippen LogP contribution in [0.4, 0.5) is 10.6 Å². The highest BCUT2D eigenvalue weighted by Gasteiger charge is 2.31. The molecule has 2 amide bonds. The first-order chi connectivity index (χ1) is 14.5. The second-order valence-electron chi connectivity index (χ2n) is 7.67. The van der Waals surface area contributed by atoms with Crippen LogP contribution in [0.3, 0.4) is 0 Å². The van der Waals surface area contributed by atoms with E-state index in [4.69, 9.17) is 16.3 Å². The molecule has 0 radical (unpaired) electrons. The van der Waals surface area contributed by atoms with Gasteiger partial charge in [0.2, 0.25) is 11.2 Å². The largest absolute Gasteiger partial charge is 0.450 e. The third kappa shape index (κ3) is 4.43. The number of fused-ring (bicyclic) bond motifs is 1. The Balaban J connectivity index is 1.35. The zero-order chi connectivity index (χ0) is 21.1. The van der Waals surface area contributed by atoms with Crippen molar-refractivity contribution in [3.8, 4) is 0 Å². The van der Waals surface area contributed by atoms with Crippen LogP contribution in [-0.2, 0) is 9.53 Å². The van der Waals surface area contributed by atoms with E-state index in [0.29, 0.717) is 37.7 Å². The minimum Gasteiger partial charge on any atom is -0.450 e. The predicted octanol–water partition coefficient (Wildman–Crippen LogP) is 1.96. The number of hydrogen-bond acceptors (Lipinski definition) is 7. The van der Waals surface area contributed by atoms with Crippen LogP contribution >= 0.6 is 11.6 Å². The molecule has 2 saturated heterocycles. The standard InChI is InChI=1S/C19H26ClN7O3/c1-2-30-19(29)26-8-5-13(6-9-26)23-17(28)12-4-3-7-27(10-12)16-14-15(22-11-21-14)24-18(20)25-16/h11-13H,2-10H2,1H3,(H,23,28)(H,21,22,24,25). The molecule has 11 heteroatoms. The summed E-state index contributed by atoms with van der Waals surface area (Å²) in [4.78, 5) is 44.2. The number of carbonyl (C=O) groups excluding carboxylic acids is 2. The SMILES string of the molecule is CCOC(=O)N1CCC(NC(=O)C2CCCN(c3nc(Cl)nc4nc[nH]c34)C2)CC1. The lowest BCUT2D eigenvalue weighted by Gasteiger charge is -2.35. The van der Waals surface area contributed by atoms with Crippen LogP contribution in [0.5, 0.6) is 0 Å². The first-order valence-corrected chi connectivity index (χ1v) is 10.8. The highest BCUT2D eigenvalue weighted by molar-refractivity contribution is 6.28. The van der Waals surface area contributed by atoms with E-state index in [0.717, 1.165) is 37.7 Å². The number of aromatic amines is 1. The molecule has 4 rings (SSSR count). The number of imidazole rings is 1. The van der Waals surface area contributed by atoms with Crippen molar-refractivity contribution in [2.75, 3.05) is 37.7 Å². The van der Waals surface area contributed by atoms with E-state index in [1.54, 1.807) is 18.2 Å². The molecule has 2 aliphatic rings. The van der Waals surface area contributed by atoms with Crippen LogP contribution in [0.15, 0.2) is 6.33 Å². The number of rotatable bonds is 4. The zero-order valence-corrected chi connectivity index (χ0v) is 17.7. The number of halogens is 1. The number of piperidine rings is 2. The van der Waals surface area contributed by atoms with Gasteiger partial charge in [-0.2, -0.15) is 9.97 Å². The van der Waals surface area contributed by atoms with Crippen LogP contribution in [0.1, 0.15) is 32.6 Å². The van der Waals surface area contributed by atoms with Crippen molar-refractivity contribution in [2.24, 2.45) is 5.92 Å². The second kappa shape index (κ2) is 9.03. The summed E-state index contributed by atoms with van der Waals surface area (Å²) < 4.78 is 5.05. The van der Waals surface area contributed by atoms with Crippen LogP contribution < -0.4 is 10.2 Å². The fourth-order valence-corrected chi connectivity index (χ4v) is 4.30. The number of H-pyrrole nitrogens is 1. The van der Waals surface area contributed by atoms with Crippen molar-refractivity contribution < 1.29 is 14.3 Å². The van der Waals surface area contributed by atoms with Crippen molar-refractivity contribution in [3.05, 3.63) is 11.6 Å². The molecule has 0 saturated carbocycles. The molecule has 1 unspecified atom stereocenters. The molecular formula is C19H26ClN7O3. The van der Waals surface area contributed by atoms with Gasteiger partial charge in [0.1, 0.15) is 5.52 Å². The third-order valence-electron chi connectivity index (χ3n) is 5.70. The van der Waals surface area contributed by atoms with E-state index in [-0.39, 0.29) is 29.2 Å². The number of carbonyl (C=O) groups is 2. The van der Waals surface area contributed by atoms with Crippen LogP contribution in [0.2, 0.25) is 5.28 Å². The summed E-state index contributed by atoms with van der Waals surface area (Å²) in [6, 6.07) is 0.0753. The first kappa shape index (κ1) is 20.6. The molecule has 2 aliphatic heterocycles. The third-order valence-corrected chi connectivity index (χ3v) is 5.87. The fourth-order valence-electron chi connectivity index (χ4n) is 4.14. The van der Waals surface area contributed by atoms with Gasteiger partial charge in [-0.05, 0) is 44.2 Å². The minimum absolute atomic E-state index is 0.0512. The van der Waals surface area contributed by atoms with Gasteiger partial charge in [-0.3, -0.25) is 4.79 Å². The molecule has 1 atom stereocenters. The summed E-state index contributed by atoms with van der Waals surface area (Å²) in [7, 11) is 0. The van der Waals surface area contributed by atoms with E-state index in [9.17, 15) is 9.59 Å². The quantitative estimate of drug-likeness (QED) is 0.705. The summed E-state index contributed by atoms with van der Waals surface area (Å²) in [5.41, 5.74) is 1.25. The number of nitrogens with one attached hydrogen (secondary N) is 2. The molecule has 2 aromatic heterocycles. The maximum atomic E-state index is 12.9. The average Bonchev–Trinajstić information content (AvgIpc) is 3.22. The lowest BCUT2D eigenvalue weighted by atomic mass is 9.95. The van der Waals surface area contributed by atoms with Crippen molar-refractivity contribution in [3.63, 3.8) is 0 Å².